The van der Waals surface area contributed by atoms with Gasteiger partial charge in [-0.15, -0.1) is 0 Å². The van der Waals surface area contributed by atoms with Crippen LogP contribution in [0.4, 0.5) is 4.79 Å². The highest BCUT2D eigenvalue weighted by Gasteiger charge is 2.52. The van der Waals surface area contributed by atoms with Gasteiger partial charge < -0.3 is 9.94 Å². The molecule has 0 saturated carbocycles. The zero-order valence-electron chi connectivity index (χ0n) is 10.3. The van der Waals surface area contributed by atoms with E-state index in [1.54, 1.807) is 6.92 Å². The molecule has 17 heavy (non-hydrogen) atoms. The Morgan fingerprint density at radius 2 is 2.00 bits per heavy atom. The van der Waals surface area contributed by atoms with Crippen LogP contribution in [0.25, 0.3) is 0 Å². The Kier molecular flexibility index (Phi) is 3.53. The Morgan fingerprint density at radius 1 is 1.47 bits per heavy atom. The van der Waals surface area contributed by atoms with Crippen molar-refractivity contribution in [3.63, 3.8) is 0 Å². The summed E-state index contributed by atoms with van der Waals surface area (Å²) in [6, 6.07) is -0.980. The second kappa shape index (κ2) is 4.42. The number of carbonyl (C=O) groups excluding carboxylic acids is 3. The molecule has 1 unspecified atom stereocenters. The molecule has 0 aromatic carbocycles. The third-order valence-electron chi connectivity index (χ3n) is 2.69. The third kappa shape index (κ3) is 2.03. The molecule has 1 fully saturated rings. The SMILES string of the molecule is CCOC(=O)N1C(=O)C(C)N(O)C(C)(C)C1=O. The van der Waals surface area contributed by atoms with Crippen LogP contribution in [0.5, 0.6) is 0 Å². The highest BCUT2D eigenvalue weighted by Crippen LogP contribution is 2.25. The van der Waals surface area contributed by atoms with Crippen LogP contribution in [-0.2, 0) is 14.3 Å². The smallest absolute Gasteiger partial charge is 0.423 e. The average Bonchev–Trinajstić information content (AvgIpc) is 2.25. The minimum Gasteiger partial charge on any atom is -0.449 e. The Balaban J connectivity index is 3.09. The van der Waals surface area contributed by atoms with Crippen LogP contribution in [0, 0.1) is 0 Å². The van der Waals surface area contributed by atoms with E-state index in [9.17, 15) is 19.6 Å². The number of carbonyl (C=O) groups is 3. The van der Waals surface area contributed by atoms with Crippen LogP contribution in [0.1, 0.15) is 27.7 Å². The lowest BCUT2D eigenvalue weighted by atomic mass is 9.97. The number of piperazine rings is 1. The van der Waals surface area contributed by atoms with E-state index in [0.717, 1.165) is 0 Å². The minimum absolute atomic E-state index is 0.0630. The van der Waals surface area contributed by atoms with Crippen molar-refractivity contribution in [3.8, 4) is 0 Å². The van der Waals surface area contributed by atoms with Gasteiger partial charge in [0.05, 0.1) is 6.61 Å². The summed E-state index contributed by atoms with van der Waals surface area (Å²) in [6.45, 7) is 5.88. The summed E-state index contributed by atoms with van der Waals surface area (Å²) in [5.74, 6) is -1.60. The summed E-state index contributed by atoms with van der Waals surface area (Å²) >= 11 is 0. The van der Waals surface area contributed by atoms with Crippen molar-refractivity contribution in [3.05, 3.63) is 0 Å². The van der Waals surface area contributed by atoms with Gasteiger partial charge in [0, 0.05) is 0 Å². The van der Waals surface area contributed by atoms with Crippen molar-refractivity contribution < 1.29 is 24.3 Å². The van der Waals surface area contributed by atoms with Gasteiger partial charge in [0.2, 0.25) is 0 Å². The summed E-state index contributed by atoms with van der Waals surface area (Å²) in [7, 11) is 0. The molecular weight excluding hydrogens is 228 g/mol. The molecule has 7 nitrogen and oxygen atoms in total. The molecule has 1 aliphatic heterocycles. The number of ether oxygens (including phenoxy) is 1. The maximum Gasteiger partial charge on any atom is 0.423 e. The van der Waals surface area contributed by atoms with Gasteiger partial charge in [-0.3, -0.25) is 9.59 Å². The van der Waals surface area contributed by atoms with Gasteiger partial charge in [0.15, 0.2) is 0 Å². The number of hydrogen-bond donors (Lipinski definition) is 1. The fourth-order valence-electron chi connectivity index (χ4n) is 1.61. The molecule has 1 atom stereocenters. The fraction of sp³-hybridized carbons (Fsp3) is 0.700. The number of rotatable bonds is 1. The summed E-state index contributed by atoms with van der Waals surface area (Å²) in [4.78, 5) is 35.7. The van der Waals surface area contributed by atoms with E-state index in [0.29, 0.717) is 9.96 Å². The zero-order chi connectivity index (χ0) is 13.4. The Labute approximate surface area is 98.9 Å². The molecule has 0 radical (unpaired) electrons. The molecule has 3 amide bonds. The lowest BCUT2D eigenvalue weighted by Crippen LogP contribution is -2.69. The highest BCUT2D eigenvalue weighted by molar-refractivity contribution is 6.14. The van der Waals surface area contributed by atoms with E-state index in [-0.39, 0.29) is 6.61 Å². The fourth-order valence-corrected chi connectivity index (χ4v) is 1.61. The maximum atomic E-state index is 11.9. The van der Waals surface area contributed by atoms with Crippen LogP contribution in [0.15, 0.2) is 0 Å². The summed E-state index contributed by atoms with van der Waals surface area (Å²) in [5.41, 5.74) is -1.35. The molecule has 0 spiro atoms. The van der Waals surface area contributed by atoms with Gasteiger partial charge in [-0.2, -0.15) is 9.96 Å². The van der Waals surface area contributed by atoms with Crippen molar-refractivity contribution in [2.45, 2.75) is 39.3 Å². The standard InChI is InChI=1S/C10H16N2O5/c1-5-17-9(15)11-7(13)6(2)12(16)10(3,4)8(11)14/h6,16H,5H2,1-4H3. The van der Waals surface area contributed by atoms with E-state index in [2.05, 4.69) is 4.74 Å². The second-order valence-electron chi connectivity index (χ2n) is 4.26. The average molecular weight is 244 g/mol. The molecule has 0 aromatic heterocycles. The molecule has 0 aromatic rings. The van der Waals surface area contributed by atoms with Gasteiger partial charge in [-0.25, -0.2) is 4.79 Å². The summed E-state index contributed by atoms with van der Waals surface area (Å²) in [5, 5.41) is 10.3. The molecule has 7 heteroatoms. The normalized spacial score (nSPS) is 25.0. The monoisotopic (exact) mass is 244 g/mol. The van der Waals surface area contributed by atoms with Crippen molar-refractivity contribution in [2.24, 2.45) is 0 Å². The van der Waals surface area contributed by atoms with Gasteiger partial charge in [-0.05, 0) is 27.7 Å². The maximum absolute atomic E-state index is 11.9. The molecule has 0 aliphatic carbocycles. The van der Waals surface area contributed by atoms with E-state index in [4.69, 9.17) is 0 Å². The number of hydrogen-bond acceptors (Lipinski definition) is 6. The summed E-state index contributed by atoms with van der Waals surface area (Å²) < 4.78 is 4.64. The van der Waals surface area contributed by atoms with Gasteiger partial charge >= 0.3 is 6.09 Å². The minimum atomic E-state index is -1.35. The lowest BCUT2D eigenvalue weighted by molar-refractivity contribution is -0.216. The number of hydroxylamine groups is 2. The molecule has 1 saturated heterocycles. The number of imide groups is 3. The number of nitrogens with zero attached hydrogens (tertiary/aromatic N) is 2. The predicted molar refractivity (Wildman–Crippen MR) is 56.0 cm³/mol. The predicted octanol–water partition coefficient (Wildman–Crippen LogP) is 0.370. The topological polar surface area (TPSA) is 87.2 Å². The van der Waals surface area contributed by atoms with E-state index in [1.165, 1.54) is 20.8 Å². The van der Waals surface area contributed by atoms with Gasteiger partial charge in [-0.1, -0.05) is 0 Å². The van der Waals surface area contributed by atoms with Crippen LogP contribution < -0.4 is 0 Å². The van der Waals surface area contributed by atoms with Gasteiger partial charge in [0.1, 0.15) is 11.6 Å². The van der Waals surface area contributed by atoms with E-state index in [1.807, 2.05) is 0 Å². The van der Waals surface area contributed by atoms with E-state index < -0.39 is 29.5 Å². The van der Waals surface area contributed by atoms with Crippen molar-refractivity contribution in [1.29, 1.82) is 0 Å². The largest absolute Gasteiger partial charge is 0.449 e. The van der Waals surface area contributed by atoms with Crippen LogP contribution in [0.3, 0.4) is 0 Å². The second-order valence-corrected chi connectivity index (χ2v) is 4.26. The highest BCUT2D eigenvalue weighted by atomic mass is 16.6. The first-order valence-electron chi connectivity index (χ1n) is 5.28. The number of amides is 3. The Bertz CT molecular complexity index is 366. The molecular formula is C10H16N2O5. The quantitative estimate of drug-likeness (QED) is 0.670. The molecule has 0 bridgehead atoms. The van der Waals surface area contributed by atoms with Crippen LogP contribution in [-0.4, -0.2) is 51.3 Å². The molecule has 1 rings (SSSR count). The molecule has 1 heterocycles. The Morgan fingerprint density at radius 3 is 2.47 bits per heavy atom. The van der Waals surface area contributed by atoms with Crippen molar-refractivity contribution in [2.75, 3.05) is 6.61 Å². The third-order valence-corrected chi connectivity index (χ3v) is 2.69. The van der Waals surface area contributed by atoms with Crippen LogP contribution in [0.2, 0.25) is 0 Å². The van der Waals surface area contributed by atoms with E-state index >= 15 is 0 Å². The summed E-state index contributed by atoms with van der Waals surface area (Å²) in [6.07, 6.45) is -1.00. The van der Waals surface area contributed by atoms with Crippen LogP contribution >= 0.6 is 0 Å². The molecule has 1 N–H and O–H groups in total. The molecule has 96 valence electrons. The first kappa shape index (κ1) is 13.6. The lowest BCUT2D eigenvalue weighted by Gasteiger charge is -2.42. The Hall–Kier alpha value is -1.47. The van der Waals surface area contributed by atoms with Gasteiger partial charge in [0.25, 0.3) is 11.8 Å². The van der Waals surface area contributed by atoms with Crippen molar-refractivity contribution >= 4 is 17.9 Å². The molecule has 1 aliphatic rings. The zero-order valence-corrected chi connectivity index (χ0v) is 10.3. The first-order chi connectivity index (χ1) is 7.75. The first-order valence-corrected chi connectivity index (χ1v) is 5.28. The van der Waals surface area contributed by atoms with Crippen molar-refractivity contribution in [1.82, 2.24) is 9.96 Å².